The summed E-state index contributed by atoms with van der Waals surface area (Å²) in [6.07, 6.45) is 0. The molecule has 0 fully saturated rings. The minimum absolute atomic E-state index is 0.0393. The quantitative estimate of drug-likeness (QED) is 0.503. The lowest BCUT2D eigenvalue weighted by Crippen LogP contribution is -2.36. The fourth-order valence-electron chi connectivity index (χ4n) is 1.21. The van der Waals surface area contributed by atoms with Crippen LogP contribution in [0.5, 0.6) is 0 Å². The molecule has 0 aliphatic carbocycles. The van der Waals surface area contributed by atoms with Gasteiger partial charge in [0.05, 0.1) is 5.56 Å². The van der Waals surface area contributed by atoms with Crippen LogP contribution in [0.2, 0.25) is 0 Å². The van der Waals surface area contributed by atoms with Crippen LogP contribution in [0.15, 0.2) is 6.07 Å². The maximum atomic E-state index is 13.3. The Balaban J connectivity index is 2.96. The van der Waals surface area contributed by atoms with Crippen LogP contribution in [0.1, 0.15) is 24.2 Å². The minimum atomic E-state index is -2.04. The second-order valence-corrected chi connectivity index (χ2v) is 4.85. The summed E-state index contributed by atoms with van der Waals surface area (Å²) in [7, 11) is 0. The summed E-state index contributed by atoms with van der Waals surface area (Å²) in [5.74, 6) is -8.49. The molecule has 0 saturated heterocycles. The van der Waals surface area contributed by atoms with Crippen molar-refractivity contribution >= 4 is 5.91 Å². The first kappa shape index (κ1) is 15.4. The van der Waals surface area contributed by atoms with Gasteiger partial charge in [-0.15, -0.1) is 0 Å². The maximum absolute atomic E-state index is 13.3. The van der Waals surface area contributed by atoms with E-state index in [0.29, 0.717) is 0 Å². The highest BCUT2D eigenvalue weighted by atomic mass is 19.2. The molecule has 106 valence electrons. The number of aliphatic hydroxyl groups is 1. The molecule has 1 amide bonds. The SMILES string of the molecule is CC(C)(CO)CNC(=O)c1cc(F)c(F)c(F)c1F. The predicted octanol–water partition coefficient (Wildman–Crippen LogP) is 1.99. The zero-order chi connectivity index (χ0) is 14.8. The number of aliphatic hydroxyl groups excluding tert-OH is 1. The number of halogens is 4. The largest absolute Gasteiger partial charge is 0.396 e. The summed E-state index contributed by atoms with van der Waals surface area (Å²) in [6, 6.07) is 0.287. The Bertz CT molecular complexity index is 503. The number of rotatable bonds is 4. The molecule has 0 atom stereocenters. The summed E-state index contributed by atoms with van der Waals surface area (Å²) in [5.41, 5.74) is -1.60. The molecule has 0 bridgehead atoms. The van der Waals surface area contributed by atoms with Gasteiger partial charge in [0.15, 0.2) is 23.3 Å². The van der Waals surface area contributed by atoms with Gasteiger partial charge in [0.2, 0.25) is 0 Å². The molecule has 1 aromatic rings. The number of nitrogens with one attached hydrogen (secondary N) is 1. The van der Waals surface area contributed by atoms with Gasteiger partial charge in [-0.2, -0.15) is 0 Å². The molecule has 0 radical (unpaired) electrons. The zero-order valence-electron chi connectivity index (χ0n) is 10.4. The molecule has 0 heterocycles. The van der Waals surface area contributed by atoms with E-state index in [1.165, 1.54) is 0 Å². The molecule has 0 spiro atoms. The summed E-state index contributed by atoms with van der Waals surface area (Å²) >= 11 is 0. The van der Waals surface area contributed by atoms with E-state index in [9.17, 15) is 22.4 Å². The van der Waals surface area contributed by atoms with Crippen LogP contribution in [0.3, 0.4) is 0 Å². The van der Waals surface area contributed by atoms with Crippen LogP contribution in [0.4, 0.5) is 17.6 Å². The number of carbonyl (C=O) groups is 1. The van der Waals surface area contributed by atoms with E-state index in [0.717, 1.165) is 0 Å². The number of benzene rings is 1. The molecular weight excluding hydrogens is 266 g/mol. The van der Waals surface area contributed by atoms with E-state index in [4.69, 9.17) is 5.11 Å². The molecule has 0 aromatic heterocycles. The van der Waals surface area contributed by atoms with Crippen LogP contribution in [-0.4, -0.2) is 24.2 Å². The van der Waals surface area contributed by atoms with Crippen LogP contribution in [0.25, 0.3) is 0 Å². The third kappa shape index (κ3) is 3.44. The van der Waals surface area contributed by atoms with Crippen molar-refractivity contribution < 1.29 is 27.5 Å². The third-order valence-corrected chi connectivity index (χ3v) is 2.50. The lowest BCUT2D eigenvalue weighted by molar-refractivity contribution is 0.0905. The predicted molar refractivity (Wildman–Crippen MR) is 59.5 cm³/mol. The molecule has 0 unspecified atom stereocenters. The minimum Gasteiger partial charge on any atom is -0.396 e. The van der Waals surface area contributed by atoms with Crippen LogP contribution < -0.4 is 5.32 Å². The first-order valence-electron chi connectivity index (χ1n) is 5.41. The molecule has 0 aliphatic rings. The molecule has 19 heavy (non-hydrogen) atoms. The average molecular weight is 279 g/mol. The lowest BCUT2D eigenvalue weighted by Gasteiger charge is -2.21. The van der Waals surface area contributed by atoms with Crippen molar-refractivity contribution in [3.63, 3.8) is 0 Å². The second-order valence-electron chi connectivity index (χ2n) is 4.85. The fourth-order valence-corrected chi connectivity index (χ4v) is 1.21. The third-order valence-electron chi connectivity index (χ3n) is 2.50. The Morgan fingerprint density at radius 3 is 2.32 bits per heavy atom. The standard InChI is InChI=1S/C12H13F4NO2/c1-12(2,5-18)4-17-11(19)6-3-7(13)9(15)10(16)8(6)14/h3,18H,4-5H2,1-2H3,(H,17,19). The van der Waals surface area contributed by atoms with Gasteiger partial charge in [-0.25, -0.2) is 17.6 Å². The monoisotopic (exact) mass is 279 g/mol. The van der Waals surface area contributed by atoms with Crippen molar-refractivity contribution in [2.75, 3.05) is 13.2 Å². The number of carbonyl (C=O) groups excluding carboxylic acids is 1. The lowest BCUT2D eigenvalue weighted by atomic mass is 9.95. The highest BCUT2D eigenvalue weighted by Crippen LogP contribution is 2.19. The van der Waals surface area contributed by atoms with Gasteiger partial charge in [-0.1, -0.05) is 13.8 Å². The van der Waals surface area contributed by atoms with Crippen molar-refractivity contribution in [3.8, 4) is 0 Å². The van der Waals surface area contributed by atoms with E-state index >= 15 is 0 Å². The second kappa shape index (κ2) is 5.56. The Hall–Kier alpha value is -1.63. The van der Waals surface area contributed by atoms with Gasteiger partial charge < -0.3 is 10.4 Å². The Morgan fingerprint density at radius 2 is 1.79 bits per heavy atom. The van der Waals surface area contributed by atoms with Gasteiger partial charge in [-0.3, -0.25) is 4.79 Å². The summed E-state index contributed by atoms with van der Waals surface area (Å²) in [5, 5.41) is 11.2. The van der Waals surface area contributed by atoms with Gasteiger partial charge in [-0.05, 0) is 6.07 Å². The van der Waals surface area contributed by atoms with Gasteiger partial charge in [0.25, 0.3) is 5.91 Å². The molecule has 3 nitrogen and oxygen atoms in total. The van der Waals surface area contributed by atoms with Crippen LogP contribution in [0, 0.1) is 28.7 Å². The van der Waals surface area contributed by atoms with E-state index in [2.05, 4.69) is 5.32 Å². The Morgan fingerprint density at radius 1 is 1.21 bits per heavy atom. The highest BCUT2D eigenvalue weighted by Gasteiger charge is 2.24. The first-order chi connectivity index (χ1) is 8.69. The van der Waals surface area contributed by atoms with Crippen LogP contribution >= 0.6 is 0 Å². The van der Waals surface area contributed by atoms with Crippen molar-refractivity contribution in [1.29, 1.82) is 0 Å². The van der Waals surface area contributed by atoms with E-state index in [1.807, 2.05) is 0 Å². The van der Waals surface area contributed by atoms with E-state index < -0.39 is 40.2 Å². The molecule has 1 rings (SSSR count). The zero-order valence-corrected chi connectivity index (χ0v) is 10.4. The van der Waals surface area contributed by atoms with Crippen molar-refractivity contribution in [2.24, 2.45) is 5.41 Å². The highest BCUT2D eigenvalue weighted by molar-refractivity contribution is 5.94. The number of hydrogen-bond acceptors (Lipinski definition) is 2. The average Bonchev–Trinajstić information content (AvgIpc) is 2.38. The summed E-state index contributed by atoms with van der Waals surface area (Å²) in [6.45, 7) is 2.95. The Labute approximate surface area is 107 Å². The molecule has 0 aliphatic heterocycles. The Kier molecular flexibility index (Phi) is 4.52. The molecular formula is C12H13F4NO2. The number of amides is 1. The van der Waals surface area contributed by atoms with Gasteiger partial charge in [0.1, 0.15) is 0 Å². The summed E-state index contributed by atoms with van der Waals surface area (Å²) in [4.78, 5) is 11.6. The van der Waals surface area contributed by atoms with Crippen molar-refractivity contribution in [1.82, 2.24) is 5.32 Å². The van der Waals surface area contributed by atoms with Crippen molar-refractivity contribution in [3.05, 3.63) is 34.9 Å². The van der Waals surface area contributed by atoms with Crippen molar-refractivity contribution in [2.45, 2.75) is 13.8 Å². The van der Waals surface area contributed by atoms with Gasteiger partial charge in [0, 0.05) is 18.6 Å². The van der Waals surface area contributed by atoms with E-state index in [-0.39, 0.29) is 19.2 Å². The topological polar surface area (TPSA) is 49.3 Å². The molecule has 2 N–H and O–H groups in total. The molecule has 1 aromatic carbocycles. The van der Waals surface area contributed by atoms with Crippen LogP contribution in [-0.2, 0) is 0 Å². The smallest absolute Gasteiger partial charge is 0.254 e. The first-order valence-corrected chi connectivity index (χ1v) is 5.41. The maximum Gasteiger partial charge on any atom is 0.254 e. The normalized spacial score (nSPS) is 11.5. The van der Waals surface area contributed by atoms with Gasteiger partial charge >= 0.3 is 0 Å². The number of hydrogen-bond donors (Lipinski definition) is 2. The molecule has 7 heteroatoms. The fraction of sp³-hybridized carbons (Fsp3) is 0.417. The van der Waals surface area contributed by atoms with E-state index in [1.54, 1.807) is 13.8 Å². The summed E-state index contributed by atoms with van der Waals surface area (Å²) < 4.78 is 51.9. The molecule has 0 saturated carbocycles.